The van der Waals surface area contributed by atoms with Gasteiger partial charge in [-0.05, 0) is 38.5 Å². The van der Waals surface area contributed by atoms with Crippen molar-refractivity contribution in [2.75, 3.05) is 19.8 Å². The number of aliphatic hydroxyl groups is 5. The van der Waals surface area contributed by atoms with Gasteiger partial charge in [-0.2, -0.15) is 0 Å². The fourth-order valence-electron chi connectivity index (χ4n) is 6.47. The largest absolute Gasteiger partial charge is 0.472 e. The summed E-state index contributed by atoms with van der Waals surface area (Å²) in [6.45, 7) is 4.21. The van der Waals surface area contributed by atoms with Gasteiger partial charge in [0, 0.05) is 13.0 Å². The van der Waals surface area contributed by atoms with Crippen molar-refractivity contribution in [3.8, 4) is 0 Å². The summed E-state index contributed by atoms with van der Waals surface area (Å²) in [5, 5.41) is 50.0. The molecule has 0 bridgehead atoms. The van der Waals surface area contributed by atoms with E-state index in [9.17, 15) is 39.8 Å². The third-order valence-electron chi connectivity index (χ3n) is 9.89. The summed E-state index contributed by atoms with van der Waals surface area (Å²) in [5.74, 6) is -0.482. The molecule has 0 aromatic heterocycles. The topological polar surface area (TPSA) is 192 Å². The van der Waals surface area contributed by atoms with Gasteiger partial charge in [-0.25, -0.2) is 4.57 Å². The quantitative estimate of drug-likeness (QED) is 0.0160. The number of esters is 1. The van der Waals surface area contributed by atoms with E-state index in [2.05, 4.69) is 26.0 Å². The highest BCUT2D eigenvalue weighted by Gasteiger charge is 2.51. The van der Waals surface area contributed by atoms with Crippen molar-refractivity contribution in [3.63, 3.8) is 0 Å². The van der Waals surface area contributed by atoms with Crippen LogP contribution < -0.4 is 0 Å². The summed E-state index contributed by atoms with van der Waals surface area (Å²) >= 11 is 0. The number of phosphoric acid groups is 1. The molecular formula is C40H77O12P. The Balaban J connectivity index is 2.40. The molecule has 13 heteroatoms. The minimum atomic E-state index is -5.00. The Hall–Kier alpha value is -0.920. The molecule has 1 aliphatic rings. The number of rotatable bonds is 35. The van der Waals surface area contributed by atoms with Crippen molar-refractivity contribution >= 4 is 13.8 Å². The van der Waals surface area contributed by atoms with Gasteiger partial charge in [0.05, 0.1) is 13.2 Å². The summed E-state index contributed by atoms with van der Waals surface area (Å²) in [4.78, 5) is 23.0. The van der Waals surface area contributed by atoms with Crippen molar-refractivity contribution < 1.29 is 58.3 Å². The van der Waals surface area contributed by atoms with Crippen LogP contribution in [0, 0.1) is 0 Å². The fourth-order valence-corrected chi connectivity index (χ4v) is 7.44. The molecule has 314 valence electrons. The van der Waals surface area contributed by atoms with Crippen molar-refractivity contribution in [1.29, 1.82) is 0 Å². The van der Waals surface area contributed by atoms with Crippen molar-refractivity contribution in [2.45, 2.75) is 217 Å². The molecule has 0 radical (unpaired) electrons. The van der Waals surface area contributed by atoms with E-state index < -0.39 is 63.1 Å². The molecule has 0 saturated heterocycles. The van der Waals surface area contributed by atoms with Crippen LogP contribution in [-0.4, -0.2) is 98.9 Å². The minimum absolute atomic E-state index is 0.0764. The molecule has 1 saturated carbocycles. The Morgan fingerprint density at radius 3 is 1.49 bits per heavy atom. The minimum Gasteiger partial charge on any atom is -0.457 e. The highest BCUT2D eigenvalue weighted by molar-refractivity contribution is 7.47. The second-order valence-electron chi connectivity index (χ2n) is 14.8. The van der Waals surface area contributed by atoms with Gasteiger partial charge in [-0.3, -0.25) is 13.8 Å². The highest BCUT2D eigenvalue weighted by atomic mass is 31.2. The molecule has 12 nitrogen and oxygen atoms in total. The lowest BCUT2D eigenvalue weighted by Gasteiger charge is -2.41. The molecular weight excluding hydrogens is 703 g/mol. The van der Waals surface area contributed by atoms with E-state index in [0.29, 0.717) is 13.0 Å². The summed E-state index contributed by atoms with van der Waals surface area (Å²) < 4.78 is 34.0. The molecule has 0 heterocycles. The van der Waals surface area contributed by atoms with Crippen molar-refractivity contribution in [3.05, 3.63) is 12.2 Å². The summed E-state index contributed by atoms with van der Waals surface area (Å²) in [7, 11) is -5.00. The van der Waals surface area contributed by atoms with Crippen LogP contribution >= 0.6 is 7.82 Å². The van der Waals surface area contributed by atoms with Gasteiger partial charge in [0.2, 0.25) is 0 Å². The maximum absolute atomic E-state index is 12.7. The second-order valence-corrected chi connectivity index (χ2v) is 16.3. The van der Waals surface area contributed by atoms with Gasteiger partial charge in [0.25, 0.3) is 0 Å². The molecule has 53 heavy (non-hydrogen) atoms. The Kier molecular flexibility index (Phi) is 30.4. The third kappa shape index (κ3) is 25.1. The monoisotopic (exact) mass is 781 g/mol. The average Bonchev–Trinajstić information content (AvgIpc) is 3.14. The van der Waals surface area contributed by atoms with Crippen molar-refractivity contribution in [2.24, 2.45) is 0 Å². The van der Waals surface area contributed by atoms with E-state index >= 15 is 0 Å². The number of aliphatic hydroxyl groups excluding tert-OH is 5. The van der Waals surface area contributed by atoms with Gasteiger partial charge in [0.1, 0.15) is 42.7 Å². The number of unbranched alkanes of at least 4 members (excludes halogenated alkanes) is 21. The molecule has 1 fully saturated rings. The SMILES string of the molecule is CCCCCCCCC/C=C\CCCCCCCCOCC(COP(=O)(O)OC1C(O)C(O)C(O)C(O)C1O)OC(=O)CCCCCCCCCCC. The van der Waals surface area contributed by atoms with Crippen LogP contribution in [-0.2, 0) is 27.9 Å². The lowest BCUT2D eigenvalue weighted by atomic mass is 9.85. The summed E-state index contributed by atoms with van der Waals surface area (Å²) in [5.41, 5.74) is 0. The molecule has 0 aromatic rings. The second kappa shape index (κ2) is 32.2. The first-order valence-electron chi connectivity index (χ1n) is 21.0. The standard InChI is InChI=1S/C40H77O12P/c1-3-5-7-9-11-13-14-15-16-17-18-19-20-22-24-26-28-30-49-31-33(51-34(41)29-27-25-23-21-12-10-8-6-4-2)32-50-53(47,48)52-40-38(45)36(43)35(42)37(44)39(40)46/h16-17,33,35-40,42-46H,3-15,18-32H2,1-2H3,(H,47,48)/b17-16-. The molecule has 6 N–H and O–H groups in total. The molecule has 0 amide bonds. The maximum atomic E-state index is 12.7. The van der Waals surface area contributed by atoms with Crippen LogP contribution in [0.15, 0.2) is 12.2 Å². The molecule has 0 aliphatic heterocycles. The van der Waals surface area contributed by atoms with E-state index in [1.807, 2.05) is 0 Å². The Bertz CT molecular complexity index is 937. The molecule has 1 rings (SSSR count). The van der Waals surface area contributed by atoms with Crippen LogP contribution in [0.5, 0.6) is 0 Å². The van der Waals surface area contributed by atoms with E-state index in [1.54, 1.807) is 0 Å². The van der Waals surface area contributed by atoms with E-state index in [4.69, 9.17) is 18.5 Å². The van der Waals surface area contributed by atoms with Crippen LogP contribution in [0.4, 0.5) is 0 Å². The number of hydrogen-bond donors (Lipinski definition) is 6. The molecule has 0 aromatic carbocycles. The zero-order chi connectivity index (χ0) is 39.2. The summed E-state index contributed by atoms with van der Waals surface area (Å²) in [6, 6.07) is 0. The van der Waals surface area contributed by atoms with Crippen LogP contribution in [0.25, 0.3) is 0 Å². The molecule has 1 aliphatic carbocycles. The van der Waals surface area contributed by atoms with E-state index in [0.717, 1.165) is 51.4 Å². The van der Waals surface area contributed by atoms with Crippen molar-refractivity contribution in [1.82, 2.24) is 0 Å². The number of phosphoric ester groups is 1. The fraction of sp³-hybridized carbons (Fsp3) is 0.925. The Morgan fingerprint density at radius 2 is 1.00 bits per heavy atom. The molecule has 6 unspecified atom stereocenters. The molecule has 0 spiro atoms. The van der Waals surface area contributed by atoms with Gasteiger partial charge in [-0.15, -0.1) is 0 Å². The number of ether oxygens (including phenoxy) is 2. The predicted octanol–water partition coefficient (Wildman–Crippen LogP) is 7.58. The van der Waals surface area contributed by atoms with E-state index in [1.165, 1.54) is 96.3 Å². The maximum Gasteiger partial charge on any atom is 0.472 e. The van der Waals surface area contributed by atoms with Gasteiger partial charge < -0.3 is 39.9 Å². The zero-order valence-electron chi connectivity index (χ0n) is 33.1. The first-order chi connectivity index (χ1) is 25.5. The first kappa shape index (κ1) is 50.1. The summed E-state index contributed by atoms with van der Waals surface area (Å²) in [6.07, 6.45) is 20.1. The van der Waals surface area contributed by atoms with Crippen LogP contribution in [0.2, 0.25) is 0 Å². The third-order valence-corrected chi connectivity index (χ3v) is 10.9. The lowest BCUT2D eigenvalue weighted by Crippen LogP contribution is -2.64. The molecule has 6 atom stereocenters. The average molecular weight is 781 g/mol. The van der Waals surface area contributed by atoms with Gasteiger partial charge >= 0.3 is 13.8 Å². The lowest BCUT2D eigenvalue weighted by molar-refractivity contribution is -0.220. The highest BCUT2D eigenvalue weighted by Crippen LogP contribution is 2.47. The Labute approximate surface area is 320 Å². The normalized spacial score (nSPS) is 23.7. The van der Waals surface area contributed by atoms with Crippen LogP contribution in [0.3, 0.4) is 0 Å². The van der Waals surface area contributed by atoms with Gasteiger partial charge in [-0.1, -0.05) is 142 Å². The number of allylic oxidation sites excluding steroid dienone is 2. The smallest absolute Gasteiger partial charge is 0.457 e. The number of carbonyl (C=O) groups excluding carboxylic acids is 1. The van der Waals surface area contributed by atoms with Gasteiger partial charge in [0.15, 0.2) is 0 Å². The predicted molar refractivity (Wildman–Crippen MR) is 207 cm³/mol. The first-order valence-corrected chi connectivity index (χ1v) is 22.5. The zero-order valence-corrected chi connectivity index (χ0v) is 34.0. The number of carbonyl (C=O) groups is 1. The van der Waals surface area contributed by atoms with Crippen LogP contribution in [0.1, 0.15) is 174 Å². The Morgan fingerprint density at radius 1 is 0.585 bits per heavy atom. The number of hydrogen-bond acceptors (Lipinski definition) is 11. The van der Waals surface area contributed by atoms with E-state index in [-0.39, 0.29) is 13.0 Å².